The number of carbonyl (C=O) groups excluding carboxylic acids is 2. The van der Waals surface area contributed by atoms with Crippen molar-refractivity contribution in [3.05, 3.63) is 35.4 Å². The van der Waals surface area contributed by atoms with E-state index in [0.29, 0.717) is 6.07 Å². The Morgan fingerprint density at radius 2 is 1.70 bits per heavy atom. The number of hydrogen-bond donors (Lipinski definition) is 1. The molecule has 1 heterocycles. The normalized spacial score (nSPS) is 14.4. The predicted molar refractivity (Wildman–Crippen MR) is 69.1 cm³/mol. The van der Waals surface area contributed by atoms with Crippen LogP contribution in [0.5, 0.6) is 0 Å². The van der Waals surface area contributed by atoms with Gasteiger partial charge in [-0.3, -0.25) is 9.59 Å². The molecule has 6 heteroatoms. The molecule has 0 bridgehead atoms. The highest BCUT2D eigenvalue weighted by molar-refractivity contribution is 5.94. The summed E-state index contributed by atoms with van der Waals surface area (Å²) in [4.78, 5) is 25.2. The fraction of sp³-hybridized carbons (Fsp3) is 0.429. The lowest BCUT2D eigenvalue weighted by Gasteiger charge is -2.15. The van der Waals surface area contributed by atoms with Gasteiger partial charge in [-0.15, -0.1) is 0 Å². The van der Waals surface area contributed by atoms with Crippen LogP contribution < -0.4 is 5.32 Å². The lowest BCUT2D eigenvalue weighted by Crippen LogP contribution is -2.32. The Kier molecular flexibility index (Phi) is 4.65. The van der Waals surface area contributed by atoms with E-state index in [1.54, 1.807) is 4.90 Å². The van der Waals surface area contributed by atoms with Crippen molar-refractivity contribution < 1.29 is 18.4 Å². The molecular formula is C14H16F2N2O2. The molecule has 1 saturated heterocycles. The number of amides is 2. The van der Waals surface area contributed by atoms with Crippen molar-refractivity contribution in [2.24, 2.45) is 0 Å². The number of benzene rings is 1. The first kappa shape index (κ1) is 14.4. The summed E-state index contributed by atoms with van der Waals surface area (Å²) in [5, 5.41) is 2.49. The maximum atomic E-state index is 13.0. The van der Waals surface area contributed by atoms with E-state index in [1.165, 1.54) is 0 Å². The second kappa shape index (κ2) is 6.45. The third-order valence-corrected chi connectivity index (χ3v) is 3.21. The third kappa shape index (κ3) is 3.76. The van der Waals surface area contributed by atoms with E-state index < -0.39 is 17.5 Å². The highest BCUT2D eigenvalue weighted by Crippen LogP contribution is 2.09. The SMILES string of the molecule is O=C(NCCC(=O)N1CCCC1)c1cc(F)cc(F)c1. The highest BCUT2D eigenvalue weighted by Gasteiger charge is 2.17. The van der Waals surface area contributed by atoms with Gasteiger partial charge in [0.15, 0.2) is 0 Å². The van der Waals surface area contributed by atoms with Crippen LogP contribution >= 0.6 is 0 Å². The minimum atomic E-state index is -0.803. The van der Waals surface area contributed by atoms with E-state index in [0.717, 1.165) is 38.1 Å². The molecule has 1 aliphatic heterocycles. The largest absolute Gasteiger partial charge is 0.352 e. The summed E-state index contributed by atoms with van der Waals surface area (Å²) in [5.41, 5.74) is -0.0869. The van der Waals surface area contributed by atoms with Crippen LogP contribution in [0.4, 0.5) is 8.78 Å². The van der Waals surface area contributed by atoms with Gasteiger partial charge < -0.3 is 10.2 Å². The lowest BCUT2D eigenvalue weighted by atomic mass is 10.2. The summed E-state index contributed by atoms with van der Waals surface area (Å²) in [6, 6.07) is 2.62. The molecule has 2 amide bonds. The first-order valence-corrected chi connectivity index (χ1v) is 6.58. The van der Waals surface area contributed by atoms with Crippen LogP contribution in [0.25, 0.3) is 0 Å². The number of nitrogens with zero attached hydrogens (tertiary/aromatic N) is 1. The molecule has 4 nitrogen and oxygen atoms in total. The van der Waals surface area contributed by atoms with Crippen molar-refractivity contribution in [2.75, 3.05) is 19.6 Å². The standard InChI is InChI=1S/C14H16F2N2O2/c15-11-7-10(8-12(16)9-11)14(20)17-4-3-13(19)18-5-1-2-6-18/h7-9H,1-6H2,(H,17,20). The fourth-order valence-electron chi connectivity index (χ4n) is 2.19. The second-order valence-corrected chi connectivity index (χ2v) is 4.75. The zero-order chi connectivity index (χ0) is 14.5. The summed E-state index contributed by atoms with van der Waals surface area (Å²) >= 11 is 0. The van der Waals surface area contributed by atoms with Gasteiger partial charge in [0.2, 0.25) is 5.91 Å². The monoisotopic (exact) mass is 282 g/mol. The average Bonchev–Trinajstić information content (AvgIpc) is 2.91. The van der Waals surface area contributed by atoms with Crippen LogP contribution in [0.2, 0.25) is 0 Å². The molecule has 1 aliphatic rings. The van der Waals surface area contributed by atoms with E-state index in [2.05, 4.69) is 5.32 Å². The minimum absolute atomic E-state index is 0.00628. The van der Waals surface area contributed by atoms with E-state index in [-0.39, 0.29) is 24.4 Å². The number of carbonyl (C=O) groups is 2. The fourth-order valence-corrected chi connectivity index (χ4v) is 2.19. The van der Waals surface area contributed by atoms with Crippen LogP contribution in [0, 0.1) is 11.6 Å². The van der Waals surface area contributed by atoms with Gasteiger partial charge in [-0.1, -0.05) is 0 Å². The van der Waals surface area contributed by atoms with Gasteiger partial charge in [0, 0.05) is 37.7 Å². The van der Waals surface area contributed by atoms with Gasteiger partial charge in [-0.25, -0.2) is 8.78 Å². The van der Waals surface area contributed by atoms with Crippen LogP contribution in [0.15, 0.2) is 18.2 Å². The van der Waals surface area contributed by atoms with E-state index >= 15 is 0 Å². The van der Waals surface area contributed by atoms with Crippen molar-refractivity contribution in [2.45, 2.75) is 19.3 Å². The van der Waals surface area contributed by atoms with Crippen molar-refractivity contribution in [3.63, 3.8) is 0 Å². The summed E-state index contributed by atoms with van der Waals surface area (Å²) in [6.07, 6.45) is 2.23. The Labute approximate surface area is 115 Å². The Balaban J connectivity index is 1.81. The molecule has 0 atom stereocenters. The Bertz CT molecular complexity index is 494. The van der Waals surface area contributed by atoms with Crippen LogP contribution in [-0.4, -0.2) is 36.3 Å². The number of hydrogen-bond acceptors (Lipinski definition) is 2. The van der Waals surface area contributed by atoms with Gasteiger partial charge in [0.25, 0.3) is 5.91 Å². The quantitative estimate of drug-likeness (QED) is 0.914. The Morgan fingerprint density at radius 1 is 1.10 bits per heavy atom. The second-order valence-electron chi connectivity index (χ2n) is 4.75. The van der Waals surface area contributed by atoms with Gasteiger partial charge in [-0.2, -0.15) is 0 Å². The van der Waals surface area contributed by atoms with E-state index in [4.69, 9.17) is 0 Å². The molecule has 1 N–H and O–H groups in total. The van der Waals surface area contributed by atoms with E-state index in [1.807, 2.05) is 0 Å². The molecule has 0 saturated carbocycles. The molecule has 0 unspecified atom stereocenters. The van der Waals surface area contributed by atoms with Gasteiger partial charge >= 0.3 is 0 Å². The Morgan fingerprint density at radius 3 is 2.30 bits per heavy atom. The van der Waals surface area contributed by atoms with Crippen LogP contribution in [0.1, 0.15) is 29.6 Å². The third-order valence-electron chi connectivity index (χ3n) is 3.21. The number of halogens is 2. The molecule has 0 radical (unpaired) electrons. The number of nitrogens with one attached hydrogen (secondary N) is 1. The molecule has 0 aliphatic carbocycles. The molecule has 0 aromatic heterocycles. The highest BCUT2D eigenvalue weighted by atomic mass is 19.1. The topological polar surface area (TPSA) is 49.4 Å². The van der Waals surface area contributed by atoms with Gasteiger partial charge in [0.1, 0.15) is 11.6 Å². The maximum absolute atomic E-state index is 13.0. The molecule has 20 heavy (non-hydrogen) atoms. The lowest BCUT2D eigenvalue weighted by molar-refractivity contribution is -0.129. The summed E-state index contributed by atoms with van der Waals surface area (Å²) in [5.74, 6) is -2.20. The zero-order valence-corrected chi connectivity index (χ0v) is 11.0. The molecule has 0 spiro atoms. The molecule has 1 aromatic carbocycles. The maximum Gasteiger partial charge on any atom is 0.251 e. The molecule has 2 rings (SSSR count). The zero-order valence-electron chi connectivity index (χ0n) is 11.0. The molecular weight excluding hydrogens is 266 g/mol. The molecule has 1 fully saturated rings. The van der Waals surface area contributed by atoms with Gasteiger partial charge in [-0.05, 0) is 25.0 Å². The van der Waals surface area contributed by atoms with Crippen molar-refractivity contribution >= 4 is 11.8 Å². The smallest absolute Gasteiger partial charge is 0.251 e. The Hall–Kier alpha value is -1.98. The minimum Gasteiger partial charge on any atom is -0.352 e. The summed E-state index contributed by atoms with van der Waals surface area (Å²) in [7, 11) is 0. The van der Waals surface area contributed by atoms with Gasteiger partial charge in [0.05, 0.1) is 0 Å². The predicted octanol–water partition coefficient (Wildman–Crippen LogP) is 1.71. The van der Waals surface area contributed by atoms with E-state index in [9.17, 15) is 18.4 Å². The molecule has 108 valence electrons. The van der Waals surface area contributed by atoms with Crippen LogP contribution in [-0.2, 0) is 4.79 Å². The summed E-state index contributed by atoms with van der Waals surface area (Å²) < 4.78 is 25.9. The van der Waals surface area contributed by atoms with Crippen molar-refractivity contribution in [3.8, 4) is 0 Å². The average molecular weight is 282 g/mol. The van der Waals surface area contributed by atoms with Crippen LogP contribution in [0.3, 0.4) is 0 Å². The first-order valence-electron chi connectivity index (χ1n) is 6.58. The van der Waals surface area contributed by atoms with Crippen molar-refractivity contribution in [1.29, 1.82) is 0 Å². The molecule has 1 aromatic rings. The number of rotatable bonds is 4. The van der Waals surface area contributed by atoms with Crippen molar-refractivity contribution in [1.82, 2.24) is 10.2 Å². The first-order chi connectivity index (χ1) is 9.56. The number of likely N-dealkylation sites (tertiary alicyclic amines) is 1. The summed E-state index contributed by atoms with van der Waals surface area (Å²) in [6.45, 7) is 1.69.